The molecule has 0 aliphatic carbocycles. The lowest BCUT2D eigenvalue weighted by molar-refractivity contribution is -0.161. The first-order valence-electron chi connectivity index (χ1n) is 8.47. The average Bonchev–Trinajstić information content (AvgIpc) is 3.03. The molecule has 27 heavy (non-hydrogen) atoms. The minimum absolute atomic E-state index is 0.307. The Morgan fingerprint density at radius 2 is 1.85 bits per heavy atom. The van der Waals surface area contributed by atoms with Crippen LogP contribution in [0.1, 0.15) is 24.0 Å². The van der Waals surface area contributed by atoms with Crippen LogP contribution in [0, 0.1) is 0 Å². The van der Waals surface area contributed by atoms with Gasteiger partial charge in [0.2, 0.25) is 0 Å². The Morgan fingerprint density at radius 1 is 1.11 bits per heavy atom. The van der Waals surface area contributed by atoms with Crippen LogP contribution in [0.25, 0.3) is 5.57 Å². The molecule has 0 saturated carbocycles. The number of nitrogens with one attached hydrogen (secondary N) is 2. The third kappa shape index (κ3) is 2.95. The van der Waals surface area contributed by atoms with E-state index < -0.39 is 30.2 Å². The van der Waals surface area contributed by atoms with Gasteiger partial charge >= 0.3 is 6.18 Å². The predicted molar refractivity (Wildman–Crippen MR) is 92.8 cm³/mol. The molecule has 3 unspecified atom stereocenters. The summed E-state index contributed by atoms with van der Waals surface area (Å²) in [6.45, 7) is 1.69. The zero-order valence-corrected chi connectivity index (χ0v) is 14.4. The maximum atomic E-state index is 13.7. The standard InChI is InChI=1S/C19H17F3N4O/c1-11-14(13-8-5-9-23-10-13)18(27)26-17(24-11)15(12-6-3-2-4-7-12)16(25-26)19(20,21)22/h2-10,15-17,24-25H,1H3. The van der Waals surface area contributed by atoms with E-state index in [2.05, 4.69) is 15.7 Å². The summed E-state index contributed by atoms with van der Waals surface area (Å²) in [4.78, 5) is 17.0. The lowest BCUT2D eigenvalue weighted by Gasteiger charge is -2.35. The maximum absolute atomic E-state index is 13.7. The van der Waals surface area contributed by atoms with Crippen molar-refractivity contribution >= 4 is 11.5 Å². The van der Waals surface area contributed by atoms with Crippen LogP contribution in [0.15, 0.2) is 60.6 Å². The molecule has 8 heteroatoms. The number of aromatic nitrogens is 1. The zero-order valence-electron chi connectivity index (χ0n) is 14.4. The van der Waals surface area contributed by atoms with Crippen molar-refractivity contribution in [1.29, 1.82) is 0 Å². The Bertz CT molecular complexity index is 883. The molecule has 4 rings (SSSR count). The average molecular weight is 374 g/mol. The summed E-state index contributed by atoms with van der Waals surface area (Å²) < 4.78 is 41.2. The monoisotopic (exact) mass is 374 g/mol. The Kier molecular flexibility index (Phi) is 4.15. The highest BCUT2D eigenvalue weighted by Crippen LogP contribution is 2.42. The van der Waals surface area contributed by atoms with Crippen LogP contribution in [-0.2, 0) is 4.79 Å². The van der Waals surface area contributed by atoms with Crippen LogP contribution < -0.4 is 10.7 Å². The molecule has 1 fully saturated rings. The number of rotatable bonds is 2. The van der Waals surface area contributed by atoms with E-state index in [1.54, 1.807) is 55.6 Å². The fraction of sp³-hybridized carbons (Fsp3) is 0.263. The van der Waals surface area contributed by atoms with E-state index in [-0.39, 0.29) is 0 Å². The number of carbonyl (C=O) groups is 1. The Labute approximate surface area is 153 Å². The van der Waals surface area contributed by atoms with Gasteiger partial charge in [-0.3, -0.25) is 9.78 Å². The van der Waals surface area contributed by atoms with E-state index in [0.29, 0.717) is 22.4 Å². The summed E-state index contributed by atoms with van der Waals surface area (Å²) in [7, 11) is 0. The quantitative estimate of drug-likeness (QED) is 0.849. The van der Waals surface area contributed by atoms with Gasteiger partial charge in [-0.05, 0) is 18.6 Å². The molecule has 0 radical (unpaired) electrons. The molecule has 3 heterocycles. The molecule has 3 atom stereocenters. The van der Waals surface area contributed by atoms with Crippen LogP contribution in [0.2, 0.25) is 0 Å². The van der Waals surface area contributed by atoms with E-state index in [4.69, 9.17) is 0 Å². The molecule has 2 aromatic rings. The number of alkyl halides is 3. The normalized spacial score (nSPS) is 25.4. The second-order valence-electron chi connectivity index (χ2n) is 6.59. The summed E-state index contributed by atoms with van der Waals surface area (Å²) in [5.74, 6) is -1.47. The van der Waals surface area contributed by atoms with Gasteiger partial charge in [0.15, 0.2) is 0 Å². The molecule has 1 aromatic carbocycles. The van der Waals surface area contributed by atoms with Gasteiger partial charge in [0.05, 0.1) is 11.5 Å². The van der Waals surface area contributed by atoms with Crippen molar-refractivity contribution in [1.82, 2.24) is 20.7 Å². The fourth-order valence-corrected chi connectivity index (χ4v) is 3.74. The number of hydrazine groups is 1. The largest absolute Gasteiger partial charge is 0.406 e. The summed E-state index contributed by atoms with van der Waals surface area (Å²) in [5.41, 5.74) is 4.29. The van der Waals surface area contributed by atoms with Crippen LogP contribution in [0.5, 0.6) is 0 Å². The number of benzene rings is 1. The smallest absolute Gasteiger partial charge is 0.366 e. The first-order chi connectivity index (χ1) is 12.9. The number of amides is 1. The minimum atomic E-state index is -4.51. The third-order valence-electron chi connectivity index (χ3n) is 4.92. The van der Waals surface area contributed by atoms with Gasteiger partial charge in [-0.25, -0.2) is 10.4 Å². The number of allylic oxidation sites excluding steroid dienone is 1. The SMILES string of the molecule is CC1=C(c2cccnc2)C(=O)N2NC(C(F)(F)F)C(c3ccccc3)C2N1. The molecule has 140 valence electrons. The number of nitrogens with zero attached hydrogens (tertiary/aromatic N) is 2. The molecule has 0 bridgehead atoms. The summed E-state index contributed by atoms with van der Waals surface area (Å²) in [6, 6.07) is 9.95. The maximum Gasteiger partial charge on any atom is 0.406 e. The van der Waals surface area contributed by atoms with Crippen molar-refractivity contribution in [3.05, 3.63) is 71.7 Å². The van der Waals surface area contributed by atoms with Crippen molar-refractivity contribution < 1.29 is 18.0 Å². The van der Waals surface area contributed by atoms with E-state index in [9.17, 15) is 18.0 Å². The van der Waals surface area contributed by atoms with Gasteiger partial charge in [-0.1, -0.05) is 36.4 Å². The molecular formula is C19H17F3N4O. The van der Waals surface area contributed by atoms with Gasteiger partial charge in [0, 0.05) is 23.7 Å². The Morgan fingerprint density at radius 3 is 2.48 bits per heavy atom. The van der Waals surface area contributed by atoms with E-state index in [0.717, 1.165) is 5.01 Å². The lowest BCUT2D eigenvalue weighted by Crippen LogP contribution is -2.54. The molecule has 1 amide bonds. The molecule has 2 N–H and O–H groups in total. The van der Waals surface area contributed by atoms with Crippen LogP contribution in [0.4, 0.5) is 13.2 Å². The van der Waals surface area contributed by atoms with Crippen molar-refractivity contribution in [2.24, 2.45) is 0 Å². The number of pyridine rings is 1. The van der Waals surface area contributed by atoms with Gasteiger partial charge in [0.1, 0.15) is 12.2 Å². The number of hydrogen-bond donors (Lipinski definition) is 2. The number of halogens is 3. The molecule has 2 aliphatic heterocycles. The Balaban J connectivity index is 1.78. The predicted octanol–water partition coefficient (Wildman–Crippen LogP) is 2.80. The summed E-state index contributed by atoms with van der Waals surface area (Å²) >= 11 is 0. The van der Waals surface area contributed by atoms with Gasteiger partial charge in [-0.2, -0.15) is 13.2 Å². The van der Waals surface area contributed by atoms with Crippen LogP contribution in [-0.4, -0.2) is 34.3 Å². The first-order valence-corrected chi connectivity index (χ1v) is 8.47. The van der Waals surface area contributed by atoms with Gasteiger partial charge < -0.3 is 5.32 Å². The molecule has 5 nitrogen and oxygen atoms in total. The molecule has 0 spiro atoms. The van der Waals surface area contributed by atoms with Gasteiger partial charge in [0.25, 0.3) is 5.91 Å². The third-order valence-corrected chi connectivity index (χ3v) is 4.92. The lowest BCUT2D eigenvalue weighted by atomic mass is 9.88. The van der Waals surface area contributed by atoms with Gasteiger partial charge in [-0.15, -0.1) is 0 Å². The first kappa shape index (κ1) is 17.5. The van der Waals surface area contributed by atoms with Crippen molar-refractivity contribution in [3.63, 3.8) is 0 Å². The summed E-state index contributed by atoms with van der Waals surface area (Å²) in [5, 5.41) is 4.16. The zero-order chi connectivity index (χ0) is 19.2. The highest BCUT2D eigenvalue weighted by molar-refractivity contribution is 6.20. The second kappa shape index (κ2) is 6.38. The second-order valence-corrected chi connectivity index (χ2v) is 6.59. The topological polar surface area (TPSA) is 57.3 Å². The molecule has 2 aliphatic rings. The summed E-state index contributed by atoms with van der Waals surface area (Å²) in [6.07, 6.45) is -2.26. The number of carbonyl (C=O) groups excluding carboxylic acids is 1. The van der Waals surface area contributed by atoms with E-state index in [1.165, 1.54) is 6.20 Å². The van der Waals surface area contributed by atoms with Crippen molar-refractivity contribution in [3.8, 4) is 0 Å². The van der Waals surface area contributed by atoms with Crippen molar-refractivity contribution in [2.75, 3.05) is 0 Å². The Hall–Kier alpha value is -2.87. The van der Waals surface area contributed by atoms with Crippen molar-refractivity contribution in [2.45, 2.75) is 31.2 Å². The highest BCUT2D eigenvalue weighted by atomic mass is 19.4. The number of hydrogen-bond acceptors (Lipinski definition) is 4. The molecular weight excluding hydrogens is 357 g/mol. The van der Waals surface area contributed by atoms with E-state index in [1.807, 2.05) is 0 Å². The van der Waals surface area contributed by atoms with Crippen LogP contribution >= 0.6 is 0 Å². The molecule has 1 aromatic heterocycles. The minimum Gasteiger partial charge on any atom is -0.366 e. The number of fused-ring (bicyclic) bond motifs is 1. The van der Waals surface area contributed by atoms with E-state index >= 15 is 0 Å². The molecule has 1 saturated heterocycles. The fourth-order valence-electron chi connectivity index (χ4n) is 3.74. The highest BCUT2D eigenvalue weighted by Gasteiger charge is 2.57. The van der Waals surface area contributed by atoms with Crippen LogP contribution in [0.3, 0.4) is 0 Å².